The number of benzene rings is 3. The predicted molar refractivity (Wildman–Crippen MR) is 237 cm³/mol. The first-order valence-electron chi connectivity index (χ1n) is 19.4. The first kappa shape index (κ1) is 40.8. The molecule has 0 saturated heterocycles. The van der Waals surface area contributed by atoms with Crippen LogP contribution in [-0.4, -0.2) is 62.9 Å². The monoisotopic (exact) mass is 798 g/mol. The van der Waals surface area contributed by atoms with E-state index < -0.39 is 24.0 Å². The van der Waals surface area contributed by atoms with Gasteiger partial charge in [-0.2, -0.15) is 0 Å². The topological polar surface area (TPSA) is 180 Å². The number of carbonyl (C=O) groups is 2. The normalized spacial score (nSPS) is 12.0. The van der Waals surface area contributed by atoms with Gasteiger partial charge in [0.25, 0.3) is 0 Å². The van der Waals surface area contributed by atoms with E-state index in [1.54, 1.807) is 24.8 Å². The Hall–Kier alpha value is -7.41. The maximum absolute atomic E-state index is 11.1. The van der Waals surface area contributed by atoms with Crippen molar-refractivity contribution >= 4 is 44.6 Å². The molecule has 0 bridgehead atoms. The molecule has 0 radical (unpaired) electrons. The van der Waals surface area contributed by atoms with Gasteiger partial charge in [-0.05, 0) is 105 Å². The lowest BCUT2D eigenvalue weighted by Crippen LogP contribution is -2.32. The highest BCUT2D eigenvalue weighted by molar-refractivity contribution is 6.00. The molecule has 2 atom stereocenters. The fourth-order valence-electron chi connectivity index (χ4n) is 7.67. The van der Waals surface area contributed by atoms with Gasteiger partial charge >= 0.3 is 11.9 Å². The highest BCUT2D eigenvalue weighted by Gasteiger charge is 2.20. The van der Waals surface area contributed by atoms with E-state index in [1.165, 1.54) is 22.0 Å². The fourth-order valence-corrected chi connectivity index (χ4v) is 7.67. The Balaban J connectivity index is 0.000000138. The highest BCUT2D eigenvalue weighted by Crippen LogP contribution is 2.34. The van der Waals surface area contributed by atoms with E-state index in [0.717, 1.165) is 55.2 Å². The Morgan fingerprint density at radius 3 is 1.28 bits per heavy atom. The molecule has 0 aliphatic rings. The van der Waals surface area contributed by atoms with Gasteiger partial charge < -0.3 is 35.4 Å². The first-order chi connectivity index (χ1) is 29.0. The summed E-state index contributed by atoms with van der Waals surface area (Å²) in [5.41, 5.74) is 23.4. The highest BCUT2D eigenvalue weighted by atomic mass is 16.4. The van der Waals surface area contributed by atoms with Crippen LogP contribution < -0.4 is 11.5 Å². The average Bonchev–Trinajstić information content (AvgIpc) is 3.93. The molecular formula is C48H46N8O4. The van der Waals surface area contributed by atoms with Gasteiger partial charge in [0.2, 0.25) is 0 Å². The molecule has 3 aromatic carbocycles. The number of rotatable bonds is 9. The Morgan fingerprint density at radius 2 is 0.883 bits per heavy atom. The van der Waals surface area contributed by atoms with Gasteiger partial charge in [-0.3, -0.25) is 24.5 Å². The summed E-state index contributed by atoms with van der Waals surface area (Å²) in [7, 11) is 5.97. The number of carboxylic acid groups (broad SMARTS) is 2. The van der Waals surface area contributed by atoms with Gasteiger partial charge in [0.05, 0.1) is 0 Å². The quantitative estimate of drug-likeness (QED) is 0.114. The molecule has 0 fully saturated rings. The van der Waals surface area contributed by atoms with Crippen molar-refractivity contribution in [3.05, 3.63) is 164 Å². The van der Waals surface area contributed by atoms with Crippen molar-refractivity contribution in [1.29, 1.82) is 0 Å². The fraction of sp³-hybridized carbons (Fsp3) is 0.146. The lowest BCUT2D eigenvalue weighted by atomic mass is 9.97. The number of aryl methyl sites for hydroxylation is 3. The minimum Gasteiger partial charge on any atom is -0.480 e. The van der Waals surface area contributed by atoms with Crippen LogP contribution in [0.25, 0.3) is 66.1 Å². The van der Waals surface area contributed by atoms with E-state index in [1.807, 2.05) is 121 Å². The molecule has 0 saturated carbocycles. The van der Waals surface area contributed by atoms with E-state index in [9.17, 15) is 9.59 Å². The number of aliphatic carboxylic acids is 2. The van der Waals surface area contributed by atoms with Crippen LogP contribution in [-0.2, 0) is 43.6 Å². The Bertz CT molecular complexity index is 2760. The van der Waals surface area contributed by atoms with Crippen molar-refractivity contribution in [1.82, 2.24) is 28.7 Å². The number of fused-ring (bicyclic) bond motifs is 3. The summed E-state index contributed by atoms with van der Waals surface area (Å²) in [4.78, 5) is 34.3. The molecule has 0 aliphatic carbocycles. The van der Waals surface area contributed by atoms with Crippen LogP contribution in [0.4, 0.5) is 0 Å². The van der Waals surface area contributed by atoms with Crippen LogP contribution in [0.5, 0.6) is 0 Å². The van der Waals surface area contributed by atoms with Crippen molar-refractivity contribution in [2.24, 2.45) is 32.6 Å². The number of hydrogen-bond acceptors (Lipinski definition) is 7. The largest absolute Gasteiger partial charge is 0.480 e. The van der Waals surface area contributed by atoms with Gasteiger partial charge in [-0.1, -0.05) is 36.4 Å². The molecule has 302 valence electrons. The molecule has 9 rings (SSSR count). The molecule has 0 spiro atoms. The standard InChI is InChI=1S/2C17H17N3O2.C14H12N2/c2*1-20-10-12(9-14(18)17(21)22)16-13(3-2-4-15(16)20)11-5-7-19-8-6-11;1-16-10-7-13-12(3-2-4-14(13)16)11-5-8-15-9-6-11/h2*2-8,10,14H,9,18H2,1H3,(H,21,22);2-10H,1H3. The van der Waals surface area contributed by atoms with Crippen molar-refractivity contribution in [3.63, 3.8) is 0 Å². The lowest BCUT2D eigenvalue weighted by Gasteiger charge is -2.09. The second kappa shape index (κ2) is 18.0. The molecule has 2 unspecified atom stereocenters. The van der Waals surface area contributed by atoms with E-state index >= 15 is 0 Å². The number of pyridine rings is 3. The summed E-state index contributed by atoms with van der Waals surface area (Å²) in [6.45, 7) is 0. The molecular weight excluding hydrogens is 753 g/mol. The Morgan fingerprint density at radius 1 is 0.517 bits per heavy atom. The zero-order valence-electron chi connectivity index (χ0n) is 33.6. The van der Waals surface area contributed by atoms with E-state index in [4.69, 9.17) is 21.7 Å². The number of carboxylic acids is 2. The maximum Gasteiger partial charge on any atom is 0.320 e. The summed E-state index contributed by atoms with van der Waals surface area (Å²) in [5, 5.41) is 21.5. The van der Waals surface area contributed by atoms with Crippen molar-refractivity contribution in [3.8, 4) is 33.4 Å². The molecule has 0 aliphatic heterocycles. The van der Waals surface area contributed by atoms with Crippen LogP contribution in [0.3, 0.4) is 0 Å². The zero-order valence-corrected chi connectivity index (χ0v) is 33.6. The second-order valence-corrected chi connectivity index (χ2v) is 14.6. The Kier molecular flexibility index (Phi) is 12.2. The number of nitrogens with zero attached hydrogens (tertiary/aromatic N) is 6. The van der Waals surface area contributed by atoms with Gasteiger partial charge in [0.15, 0.2) is 0 Å². The van der Waals surface area contributed by atoms with Crippen LogP contribution in [0.1, 0.15) is 11.1 Å². The predicted octanol–water partition coefficient (Wildman–Crippen LogP) is 7.63. The van der Waals surface area contributed by atoms with Crippen LogP contribution in [0.2, 0.25) is 0 Å². The van der Waals surface area contributed by atoms with Crippen LogP contribution in [0, 0.1) is 0 Å². The van der Waals surface area contributed by atoms with Gasteiger partial charge in [-0.15, -0.1) is 0 Å². The third kappa shape index (κ3) is 8.70. The van der Waals surface area contributed by atoms with Crippen molar-refractivity contribution < 1.29 is 19.8 Å². The summed E-state index contributed by atoms with van der Waals surface area (Å²) >= 11 is 0. The molecule has 60 heavy (non-hydrogen) atoms. The summed E-state index contributed by atoms with van der Waals surface area (Å²) < 4.78 is 6.15. The van der Waals surface area contributed by atoms with Crippen LogP contribution in [0.15, 0.2) is 153 Å². The third-order valence-corrected chi connectivity index (χ3v) is 10.6. The zero-order chi connectivity index (χ0) is 42.3. The minimum atomic E-state index is -0.988. The minimum absolute atomic E-state index is 0.300. The van der Waals surface area contributed by atoms with Gasteiger partial charge in [-0.25, -0.2) is 0 Å². The molecule has 12 nitrogen and oxygen atoms in total. The van der Waals surface area contributed by atoms with Crippen molar-refractivity contribution in [2.75, 3.05) is 0 Å². The molecule has 0 amide bonds. The number of hydrogen-bond donors (Lipinski definition) is 4. The summed E-state index contributed by atoms with van der Waals surface area (Å²) in [6, 6.07) is 30.7. The second-order valence-electron chi connectivity index (χ2n) is 14.6. The molecule has 6 aromatic heterocycles. The number of nitrogens with two attached hydrogens (primary N) is 2. The molecule has 6 N–H and O–H groups in total. The maximum atomic E-state index is 11.1. The van der Waals surface area contributed by atoms with Crippen molar-refractivity contribution in [2.45, 2.75) is 24.9 Å². The SMILES string of the molecule is Cn1cc(CC(N)C(=O)O)c2c(-c3ccncc3)cccc21.Cn1cc(CC(N)C(=O)O)c2c(-c3ccncc3)cccc21.Cn1ccc2c(-c3ccncc3)cccc21. The smallest absolute Gasteiger partial charge is 0.320 e. The lowest BCUT2D eigenvalue weighted by molar-refractivity contribution is -0.139. The van der Waals surface area contributed by atoms with Gasteiger partial charge in [0.1, 0.15) is 12.1 Å². The average molecular weight is 799 g/mol. The molecule has 12 heteroatoms. The third-order valence-electron chi connectivity index (χ3n) is 10.6. The summed E-state index contributed by atoms with van der Waals surface area (Å²) in [5.74, 6) is -1.98. The summed E-state index contributed by atoms with van der Waals surface area (Å²) in [6.07, 6.45) is 17.3. The first-order valence-corrected chi connectivity index (χ1v) is 19.4. The van der Waals surface area contributed by atoms with E-state index in [-0.39, 0.29) is 0 Å². The molecule has 6 heterocycles. The van der Waals surface area contributed by atoms with E-state index in [2.05, 4.69) is 57.0 Å². The number of aromatic nitrogens is 6. The van der Waals surface area contributed by atoms with Gasteiger partial charge in [0, 0.05) is 122 Å². The van der Waals surface area contributed by atoms with Crippen LogP contribution >= 0.6 is 0 Å². The van der Waals surface area contributed by atoms with E-state index in [0.29, 0.717) is 12.8 Å². The molecule has 9 aromatic rings. The Labute approximate surface area is 347 Å².